The van der Waals surface area contributed by atoms with Crippen LogP contribution >= 0.6 is 0 Å². The predicted octanol–water partition coefficient (Wildman–Crippen LogP) is -0.743. The monoisotopic (exact) mass is 822 g/mol. The molecule has 0 radical (unpaired) electrons. The zero-order valence-corrected chi connectivity index (χ0v) is 34.1. The lowest BCUT2D eigenvalue weighted by molar-refractivity contribution is -0.172. The fourth-order valence-electron chi connectivity index (χ4n) is 5.65. The van der Waals surface area contributed by atoms with Crippen LogP contribution in [0.4, 0.5) is 0 Å². The van der Waals surface area contributed by atoms with Crippen molar-refractivity contribution in [1.29, 1.82) is 0 Å². The number of aliphatic carboxylic acids is 2. The minimum Gasteiger partial charge on any atom is -0.491 e. The first-order chi connectivity index (χ1) is 27.1. The third kappa shape index (κ3) is 17.2. The summed E-state index contributed by atoms with van der Waals surface area (Å²) in [5.41, 5.74) is 4.50. The lowest BCUT2D eigenvalue weighted by Crippen LogP contribution is -2.49. The van der Waals surface area contributed by atoms with Crippen LogP contribution in [0.15, 0.2) is 36.4 Å². The molecule has 0 spiro atoms. The Kier molecular flexibility index (Phi) is 19.9. The second-order valence-corrected chi connectivity index (χ2v) is 16.2. The normalized spacial score (nSPS) is 16.9. The molecule has 0 bridgehead atoms. The van der Waals surface area contributed by atoms with E-state index in [9.17, 15) is 29.4 Å². The maximum absolute atomic E-state index is 10.9. The smallest absolute Gasteiger partial charge is 0.335 e. The van der Waals surface area contributed by atoms with Gasteiger partial charge in [-0.3, -0.25) is 9.59 Å². The number of benzene rings is 2. The van der Waals surface area contributed by atoms with E-state index in [1.54, 1.807) is 9.80 Å². The van der Waals surface area contributed by atoms with Crippen LogP contribution in [0, 0.1) is 0 Å². The number of rotatable bonds is 17. The number of fused-ring (bicyclic) bond motifs is 2. The number of aliphatic hydroxyl groups is 6. The number of hydrogen-bond acceptors (Lipinski definition) is 14. The Morgan fingerprint density at radius 2 is 1.00 bits per heavy atom. The summed E-state index contributed by atoms with van der Waals surface area (Å²) in [6.45, 7) is 16.6. The molecule has 6 atom stereocenters. The number of aliphatic hydroxyl groups excluding tert-OH is 6. The van der Waals surface area contributed by atoms with Gasteiger partial charge in [-0.05, 0) is 77.6 Å². The standard InChI is InChI=1S/2C17H26N2O3.C6H10O8/c2*1-17(2,3)18-9-14(21)11-22-16-6-4-5-13-10-19(12-20)8-7-15(13)16;7-1(3(9)5(11)12)2(8)4(10)6(13)14/h2*4-6,12,14,18,21H,7-11H2,1-3H3;1-4,7-10H,(H,11,12)(H,13,14)/t;;1-,2+,3+,4-. The van der Waals surface area contributed by atoms with E-state index in [0.29, 0.717) is 39.3 Å². The first-order valence-corrected chi connectivity index (χ1v) is 19.0. The molecule has 0 saturated carbocycles. The number of β-amino-alcohol motifs (C(OH)–C–C–N with tert-alkyl or cyclic N) is 2. The molecule has 2 aliphatic rings. The van der Waals surface area contributed by atoms with Gasteiger partial charge in [-0.25, -0.2) is 9.59 Å². The highest BCUT2D eigenvalue weighted by molar-refractivity contribution is 5.75. The number of carboxylic acid groups (broad SMARTS) is 2. The molecule has 2 aromatic carbocycles. The summed E-state index contributed by atoms with van der Waals surface area (Å²) in [4.78, 5) is 45.4. The highest BCUT2D eigenvalue weighted by atomic mass is 16.5. The molecule has 2 aliphatic heterocycles. The van der Waals surface area contributed by atoms with E-state index in [4.69, 9.17) is 40.1 Å². The second kappa shape index (κ2) is 23.3. The van der Waals surface area contributed by atoms with E-state index in [-0.39, 0.29) is 24.3 Å². The fourth-order valence-corrected chi connectivity index (χ4v) is 5.65. The van der Waals surface area contributed by atoms with E-state index >= 15 is 0 Å². The van der Waals surface area contributed by atoms with Gasteiger partial charge in [0.05, 0.1) is 0 Å². The minimum absolute atomic E-state index is 0.0226. The Hall–Kier alpha value is -4.40. The molecule has 0 aromatic heterocycles. The molecule has 326 valence electrons. The van der Waals surface area contributed by atoms with Crippen molar-refractivity contribution in [2.45, 2.75) is 115 Å². The summed E-state index contributed by atoms with van der Waals surface area (Å²) in [6.07, 6.45) is -7.02. The molecule has 4 rings (SSSR count). The molecule has 2 amide bonds. The zero-order valence-electron chi connectivity index (χ0n) is 34.1. The summed E-state index contributed by atoms with van der Waals surface area (Å²) in [5, 5.41) is 78.0. The summed E-state index contributed by atoms with van der Waals surface area (Å²) in [5.74, 6) is -2.04. The van der Waals surface area contributed by atoms with Gasteiger partial charge < -0.3 is 70.8 Å². The van der Waals surface area contributed by atoms with Crippen LogP contribution in [-0.4, -0.2) is 163 Å². The maximum Gasteiger partial charge on any atom is 0.335 e. The third-order valence-electron chi connectivity index (χ3n) is 8.90. The largest absolute Gasteiger partial charge is 0.491 e. The van der Waals surface area contributed by atoms with Gasteiger partial charge in [-0.2, -0.15) is 0 Å². The van der Waals surface area contributed by atoms with Crippen LogP contribution in [-0.2, 0) is 45.1 Å². The Bertz CT molecular complexity index is 1500. The lowest BCUT2D eigenvalue weighted by Gasteiger charge is -2.27. The van der Waals surface area contributed by atoms with Crippen LogP contribution in [0.25, 0.3) is 0 Å². The zero-order chi connectivity index (χ0) is 43.8. The van der Waals surface area contributed by atoms with Crippen LogP contribution in [0.3, 0.4) is 0 Å². The molecule has 0 aliphatic carbocycles. The maximum atomic E-state index is 10.9. The average molecular weight is 823 g/mol. The lowest BCUT2D eigenvalue weighted by atomic mass is 9.99. The first-order valence-electron chi connectivity index (χ1n) is 19.0. The van der Waals surface area contributed by atoms with Crippen LogP contribution in [0.5, 0.6) is 11.5 Å². The van der Waals surface area contributed by atoms with Gasteiger partial charge in [0, 0.05) is 61.5 Å². The number of ether oxygens (including phenoxy) is 2. The summed E-state index contributed by atoms with van der Waals surface area (Å²) in [6, 6.07) is 11.8. The molecule has 2 aromatic rings. The van der Waals surface area contributed by atoms with Crippen molar-refractivity contribution < 1.29 is 69.5 Å². The average Bonchev–Trinajstić information content (AvgIpc) is 3.18. The predicted molar refractivity (Wildman–Crippen MR) is 211 cm³/mol. The Morgan fingerprint density at radius 1 is 0.655 bits per heavy atom. The van der Waals surface area contributed by atoms with Gasteiger partial charge in [-0.15, -0.1) is 0 Å². The highest BCUT2D eigenvalue weighted by Gasteiger charge is 2.37. The molecule has 10 N–H and O–H groups in total. The van der Waals surface area contributed by atoms with Gasteiger partial charge in [0.15, 0.2) is 12.2 Å². The molecule has 0 fully saturated rings. The van der Waals surface area contributed by atoms with E-state index in [0.717, 1.165) is 59.4 Å². The third-order valence-corrected chi connectivity index (χ3v) is 8.90. The van der Waals surface area contributed by atoms with Crippen molar-refractivity contribution in [2.24, 2.45) is 0 Å². The van der Waals surface area contributed by atoms with Gasteiger partial charge >= 0.3 is 11.9 Å². The highest BCUT2D eigenvalue weighted by Crippen LogP contribution is 2.29. The van der Waals surface area contributed by atoms with E-state index in [1.807, 2.05) is 36.4 Å². The van der Waals surface area contributed by atoms with Gasteiger partial charge in [-0.1, -0.05) is 24.3 Å². The van der Waals surface area contributed by atoms with Crippen LogP contribution in [0.1, 0.15) is 63.8 Å². The number of nitrogens with one attached hydrogen (secondary N) is 2. The Balaban J connectivity index is 0.000000309. The topological polar surface area (TPSA) is 279 Å². The molecule has 18 heteroatoms. The molecule has 0 saturated heterocycles. The summed E-state index contributed by atoms with van der Waals surface area (Å²) >= 11 is 0. The molecule has 58 heavy (non-hydrogen) atoms. The molecule has 2 unspecified atom stereocenters. The SMILES string of the molecule is CC(C)(C)NCC(O)COc1cccc2c1CCN(C=O)C2.CC(C)(C)NCC(O)COc1cccc2c1CCN(C=O)C2.O=C(O)[C@@H](O)[C@H](O)[C@H](O)[C@@H](O)C(=O)O. The minimum atomic E-state index is -2.36. The molecular weight excluding hydrogens is 760 g/mol. The second-order valence-electron chi connectivity index (χ2n) is 16.2. The van der Waals surface area contributed by atoms with Gasteiger partial charge in [0.2, 0.25) is 12.8 Å². The van der Waals surface area contributed by atoms with Crippen molar-refractivity contribution in [3.8, 4) is 11.5 Å². The molecule has 18 nitrogen and oxygen atoms in total. The van der Waals surface area contributed by atoms with E-state index in [1.165, 1.54) is 0 Å². The van der Waals surface area contributed by atoms with Crippen molar-refractivity contribution in [2.75, 3.05) is 39.4 Å². The summed E-state index contributed by atoms with van der Waals surface area (Å²) < 4.78 is 11.6. The van der Waals surface area contributed by atoms with E-state index in [2.05, 4.69) is 52.2 Å². The number of carbonyl (C=O) groups is 4. The van der Waals surface area contributed by atoms with Crippen molar-refractivity contribution in [1.82, 2.24) is 20.4 Å². The number of carboxylic acids is 2. The molecule has 2 heterocycles. The summed E-state index contributed by atoms with van der Waals surface area (Å²) in [7, 11) is 0. The van der Waals surface area contributed by atoms with E-state index < -0.39 is 48.6 Å². The number of nitrogens with zero attached hydrogens (tertiary/aromatic N) is 2. The van der Waals surface area contributed by atoms with Crippen molar-refractivity contribution in [3.63, 3.8) is 0 Å². The van der Waals surface area contributed by atoms with Crippen LogP contribution in [0.2, 0.25) is 0 Å². The molecular formula is C40H62N4O14. The Morgan fingerprint density at radius 3 is 1.29 bits per heavy atom. The van der Waals surface area contributed by atoms with Crippen LogP contribution < -0.4 is 20.1 Å². The number of carbonyl (C=O) groups excluding carboxylic acids is 2. The number of hydrogen-bond donors (Lipinski definition) is 10. The van der Waals surface area contributed by atoms with Crippen molar-refractivity contribution in [3.05, 3.63) is 58.7 Å². The fraction of sp³-hybridized carbons (Fsp3) is 0.600. The Labute approximate surface area is 339 Å². The van der Waals surface area contributed by atoms with Gasteiger partial charge in [0.1, 0.15) is 49.1 Å². The van der Waals surface area contributed by atoms with Crippen molar-refractivity contribution >= 4 is 24.8 Å². The first kappa shape index (κ1) is 49.7. The quantitative estimate of drug-likeness (QED) is 0.0880. The number of amides is 2. The van der Waals surface area contributed by atoms with Gasteiger partial charge in [0.25, 0.3) is 0 Å².